The number of anilines is 1. The molecule has 1 aliphatic rings. The average molecular weight is 365 g/mol. The highest BCUT2D eigenvalue weighted by atomic mass is 32.1. The molecule has 0 radical (unpaired) electrons. The standard InChI is InChI=1S/C20H20BNO3S/c1-13-20(2,3)25-21(24-13)17-6-4-15-11-18(7-5-14(15)10-17)22-19(23)16-8-9-26-12-16/h4-13H,1-3H3,(H,22,23). The number of carbonyl (C=O) groups excluding carboxylic acids is 1. The Bertz CT molecular complexity index is 955. The van der Waals surface area contributed by atoms with Crippen LogP contribution in [0.5, 0.6) is 0 Å². The molecule has 4 rings (SSSR count). The van der Waals surface area contributed by atoms with Crippen LogP contribution in [0.4, 0.5) is 5.69 Å². The van der Waals surface area contributed by atoms with E-state index in [4.69, 9.17) is 9.31 Å². The van der Waals surface area contributed by atoms with Gasteiger partial charge in [-0.15, -0.1) is 0 Å². The summed E-state index contributed by atoms with van der Waals surface area (Å²) in [4.78, 5) is 12.2. The van der Waals surface area contributed by atoms with Crippen LogP contribution in [0.2, 0.25) is 0 Å². The van der Waals surface area contributed by atoms with Crippen molar-refractivity contribution in [3.05, 3.63) is 58.8 Å². The van der Waals surface area contributed by atoms with Gasteiger partial charge in [-0.05, 0) is 60.6 Å². The van der Waals surface area contributed by atoms with E-state index in [1.54, 1.807) is 0 Å². The predicted octanol–water partition coefficient (Wildman–Crippen LogP) is 4.06. The summed E-state index contributed by atoms with van der Waals surface area (Å²) >= 11 is 1.51. The van der Waals surface area contributed by atoms with Gasteiger partial charge in [-0.2, -0.15) is 11.3 Å². The first kappa shape index (κ1) is 17.3. The van der Waals surface area contributed by atoms with E-state index in [2.05, 4.69) is 11.4 Å². The van der Waals surface area contributed by atoms with Gasteiger partial charge in [0, 0.05) is 11.1 Å². The Morgan fingerprint density at radius 2 is 1.92 bits per heavy atom. The fraction of sp³-hybridized carbons (Fsp3) is 0.250. The Balaban J connectivity index is 1.56. The van der Waals surface area contributed by atoms with Gasteiger partial charge in [0.25, 0.3) is 5.91 Å². The zero-order valence-electron chi connectivity index (χ0n) is 15.0. The highest BCUT2D eigenvalue weighted by Gasteiger charge is 2.43. The van der Waals surface area contributed by atoms with Gasteiger partial charge in [-0.3, -0.25) is 4.79 Å². The second-order valence-electron chi connectivity index (χ2n) is 7.12. The number of thiophene rings is 1. The van der Waals surface area contributed by atoms with E-state index in [9.17, 15) is 4.79 Å². The van der Waals surface area contributed by atoms with Crippen LogP contribution in [0.1, 0.15) is 31.1 Å². The van der Waals surface area contributed by atoms with Crippen molar-refractivity contribution < 1.29 is 14.1 Å². The van der Waals surface area contributed by atoms with E-state index < -0.39 is 0 Å². The van der Waals surface area contributed by atoms with E-state index in [-0.39, 0.29) is 24.7 Å². The molecule has 0 aliphatic carbocycles. The lowest BCUT2D eigenvalue weighted by atomic mass is 9.78. The first-order valence-electron chi connectivity index (χ1n) is 8.63. The predicted molar refractivity (Wildman–Crippen MR) is 107 cm³/mol. The molecule has 1 aromatic heterocycles. The van der Waals surface area contributed by atoms with Crippen molar-refractivity contribution in [3.8, 4) is 0 Å². The number of carbonyl (C=O) groups is 1. The number of fused-ring (bicyclic) bond motifs is 1. The third-order valence-electron chi connectivity index (χ3n) is 4.90. The van der Waals surface area contributed by atoms with Gasteiger partial charge in [0.15, 0.2) is 0 Å². The van der Waals surface area contributed by atoms with Crippen LogP contribution in [0.25, 0.3) is 10.8 Å². The summed E-state index contributed by atoms with van der Waals surface area (Å²) in [6.45, 7) is 6.12. The monoisotopic (exact) mass is 365 g/mol. The smallest absolute Gasteiger partial charge is 0.402 e. The third kappa shape index (κ3) is 3.28. The van der Waals surface area contributed by atoms with Gasteiger partial charge in [0.2, 0.25) is 0 Å². The topological polar surface area (TPSA) is 47.6 Å². The van der Waals surface area contributed by atoms with E-state index in [0.717, 1.165) is 21.9 Å². The van der Waals surface area contributed by atoms with Gasteiger partial charge in [-0.1, -0.05) is 24.3 Å². The Morgan fingerprint density at radius 3 is 2.62 bits per heavy atom. The van der Waals surface area contributed by atoms with Crippen molar-refractivity contribution in [2.75, 3.05) is 5.32 Å². The summed E-state index contributed by atoms with van der Waals surface area (Å²) in [7, 11) is -0.345. The molecule has 0 bridgehead atoms. The molecular weight excluding hydrogens is 345 g/mol. The summed E-state index contributed by atoms with van der Waals surface area (Å²) < 4.78 is 12.0. The molecule has 1 fully saturated rings. The molecule has 1 unspecified atom stereocenters. The quantitative estimate of drug-likeness (QED) is 0.712. The third-order valence-corrected chi connectivity index (χ3v) is 5.58. The van der Waals surface area contributed by atoms with Crippen LogP contribution in [0.3, 0.4) is 0 Å². The number of hydrogen-bond donors (Lipinski definition) is 1. The summed E-state index contributed by atoms with van der Waals surface area (Å²) in [6.07, 6.45) is 0.0397. The van der Waals surface area contributed by atoms with Gasteiger partial charge < -0.3 is 14.6 Å². The lowest BCUT2D eigenvalue weighted by Gasteiger charge is -2.21. The number of hydrogen-bond acceptors (Lipinski definition) is 4. The molecule has 3 aromatic rings. The minimum Gasteiger partial charge on any atom is -0.402 e. The first-order valence-corrected chi connectivity index (χ1v) is 9.57. The van der Waals surface area contributed by atoms with Gasteiger partial charge in [0.1, 0.15) is 0 Å². The fourth-order valence-corrected chi connectivity index (χ4v) is 3.62. The minimum absolute atomic E-state index is 0.0397. The van der Waals surface area contributed by atoms with E-state index >= 15 is 0 Å². The van der Waals surface area contributed by atoms with Gasteiger partial charge >= 0.3 is 7.12 Å². The average Bonchev–Trinajstić information content (AvgIpc) is 3.23. The SMILES string of the molecule is CC1OB(c2ccc3cc(NC(=O)c4ccsc4)ccc3c2)OC1(C)C. The van der Waals surface area contributed by atoms with E-state index in [1.165, 1.54) is 11.3 Å². The molecule has 1 N–H and O–H groups in total. The van der Waals surface area contributed by atoms with Crippen molar-refractivity contribution in [2.45, 2.75) is 32.5 Å². The highest BCUT2D eigenvalue weighted by molar-refractivity contribution is 7.08. The number of nitrogens with one attached hydrogen (secondary N) is 1. The Hall–Kier alpha value is -2.15. The Kier molecular flexibility index (Phi) is 4.35. The number of benzene rings is 2. The summed E-state index contributed by atoms with van der Waals surface area (Å²) in [5.41, 5.74) is 2.17. The van der Waals surface area contributed by atoms with Crippen molar-refractivity contribution in [2.24, 2.45) is 0 Å². The molecule has 1 saturated heterocycles. The molecule has 26 heavy (non-hydrogen) atoms. The van der Waals surface area contributed by atoms with Crippen LogP contribution in [-0.4, -0.2) is 24.7 Å². The molecule has 1 aliphatic heterocycles. The fourth-order valence-electron chi connectivity index (χ4n) is 2.98. The maximum absolute atomic E-state index is 12.2. The van der Waals surface area contributed by atoms with E-state index in [0.29, 0.717) is 5.56 Å². The lowest BCUT2D eigenvalue weighted by Crippen LogP contribution is -2.34. The largest absolute Gasteiger partial charge is 0.494 e. The molecule has 132 valence electrons. The van der Waals surface area contributed by atoms with Crippen LogP contribution in [0.15, 0.2) is 53.2 Å². The van der Waals surface area contributed by atoms with Crippen molar-refractivity contribution in [3.63, 3.8) is 0 Å². The second kappa shape index (κ2) is 6.54. The first-order chi connectivity index (χ1) is 12.4. The summed E-state index contributed by atoms with van der Waals surface area (Å²) in [6, 6.07) is 13.9. The normalized spacial score (nSPS) is 19.0. The highest BCUT2D eigenvalue weighted by Crippen LogP contribution is 2.27. The van der Waals surface area contributed by atoms with Crippen molar-refractivity contribution in [1.29, 1.82) is 0 Å². The summed E-state index contributed by atoms with van der Waals surface area (Å²) in [5, 5.41) is 8.82. The van der Waals surface area contributed by atoms with Crippen molar-refractivity contribution >= 4 is 46.3 Å². The number of amides is 1. The molecule has 2 aromatic carbocycles. The van der Waals surface area contributed by atoms with Gasteiger partial charge in [-0.25, -0.2) is 0 Å². The molecule has 4 nitrogen and oxygen atoms in total. The molecule has 0 saturated carbocycles. The summed E-state index contributed by atoms with van der Waals surface area (Å²) in [5.74, 6) is -0.0915. The minimum atomic E-state index is -0.345. The molecule has 0 spiro atoms. The van der Waals surface area contributed by atoms with Crippen molar-refractivity contribution in [1.82, 2.24) is 0 Å². The van der Waals surface area contributed by atoms with E-state index in [1.807, 2.05) is 67.9 Å². The lowest BCUT2D eigenvalue weighted by molar-refractivity contribution is 0.0842. The van der Waals surface area contributed by atoms with Crippen LogP contribution in [0, 0.1) is 0 Å². The zero-order chi connectivity index (χ0) is 18.3. The molecule has 2 heterocycles. The molecule has 1 amide bonds. The number of rotatable bonds is 3. The van der Waals surface area contributed by atoms with Crippen LogP contribution in [-0.2, 0) is 9.31 Å². The van der Waals surface area contributed by atoms with Gasteiger partial charge in [0.05, 0.1) is 17.3 Å². The van der Waals surface area contributed by atoms with Crippen LogP contribution >= 0.6 is 11.3 Å². The molecule has 6 heteroatoms. The van der Waals surface area contributed by atoms with Crippen LogP contribution < -0.4 is 10.8 Å². The Labute approximate surface area is 157 Å². The molecular formula is C20H20BNO3S. The maximum atomic E-state index is 12.2. The second-order valence-corrected chi connectivity index (χ2v) is 7.90. The molecule has 1 atom stereocenters. The Morgan fingerprint density at radius 1 is 1.15 bits per heavy atom. The zero-order valence-corrected chi connectivity index (χ0v) is 15.8. The maximum Gasteiger partial charge on any atom is 0.494 e.